The second kappa shape index (κ2) is 10.0. The van der Waals surface area contributed by atoms with Gasteiger partial charge in [-0.3, -0.25) is 0 Å². The van der Waals surface area contributed by atoms with Crippen LogP contribution < -0.4 is 0 Å². The van der Waals surface area contributed by atoms with Crippen molar-refractivity contribution in [3.63, 3.8) is 0 Å². The van der Waals surface area contributed by atoms with E-state index in [4.69, 9.17) is 5.11 Å². The SMILES string of the molecule is CCN(C)CC.CO. The van der Waals surface area contributed by atoms with Gasteiger partial charge in [-0.2, -0.15) is 0 Å². The summed E-state index contributed by atoms with van der Waals surface area (Å²) in [6, 6.07) is 0. The number of aliphatic hydroxyl groups is 1. The molecule has 0 spiro atoms. The Kier molecular flexibility index (Phi) is 13.6. The number of hydrogen-bond acceptors (Lipinski definition) is 2. The fraction of sp³-hybridized carbons (Fsp3) is 1.00. The molecular weight excluding hydrogens is 102 g/mol. The topological polar surface area (TPSA) is 23.5 Å². The molecule has 0 aliphatic carbocycles. The molecule has 0 radical (unpaired) electrons. The zero-order valence-corrected chi connectivity index (χ0v) is 6.31. The molecule has 0 aliphatic heterocycles. The molecule has 0 heterocycles. The van der Waals surface area contributed by atoms with Crippen LogP contribution in [0, 0.1) is 0 Å². The van der Waals surface area contributed by atoms with Gasteiger partial charge in [-0.15, -0.1) is 0 Å². The molecule has 52 valence electrons. The molecule has 2 nitrogen and oxygen atoms in total. The largest absolute Gasteiger partial charge is 0.400 e. The van der Waals surface area contributed by atoms with Gasteiger partial charge in [0.15, 0.2) is 0 Å². The maximum atomic E-state index is 7.00. The van der Waals surface area contributed by atoms with Gasteiger partial charge in [0.05, 0.1) is 0 Å². The van der Waals surface area contributed by atoms with E-state index in [0.29, 0.717) is 0 Å². The van der Waals surface area contributed by atoms with Crippen LogP contribution in [-0.4, -0.2) is 37.3 Å². The van der Waals surface area contributed by atoms with Crippen LogP contribution in [0.2, 0.25) is 0 Å². The molecule has 0 saturated carbocycles. The van der Waals surface area contributed by atoms with Crippen molar-refractivity contribution < 1.29 is 5.11 Å². The lowest BCUT2D eigenvalue weighted by Crippen LogP contribution is -2.15. The molecule has 0 bridgehead atoms. The molecule has 0 aromatic heterocycles. The minimum atomic E-state index is 1.00. The maximum Gasteiger partial charge on any atom is 0.0319 e. The summed E-state index contributed by atoms with van der Waals surface area (Å²) in [6.45, 7) is 6.64. The predicted molar refractivity (Wildman–Crippen MR) is 37.0 cm³/mol. The van der Waals surface area contributed by atoms with Crippen LogP contribution in [0.4, 0.5) is 0 Å². The fourth-order valence-corrected chi connectivity index (χ4v) is 0.224. The van der Waals surface area contributed by atoms with E-state index in [1.807, 2.05) is 0 Å². The first-order valence-corrected chi connectivity index (χ1v) is 2.94. The van der Waals surface area contributed by atoms with Crippen LogP contribution in [0.15, 0.2) is 0 Å². The van der Waals surface area contributed by atoms with E-state index in [-0.39, 0.29) is 0 Å². The van der Waals surface area contributed by atoms with Crippen LogP contribution in [-0.2, 0) is 0 Å². The normalized spacial score (nSPS) is 8.25. The summed E-state index contributed by atoms with van der Waals surface area (Å²) in [5.41, 5.74) is 0. The van der Waals surface area contributed by atoms with Crippen LogP contribution >= 0.6 is 0 Å². The molecule has 1 N–H and O–H groups in total. The van der Waals surface area contributed by atoms with E-state index in [9.17, 15) is 0 Å². The highest BCUT2D eigenvalue weighted by molar-refractivity contribution is 4.36. The molecule has 0 aromatic rings. The standard InChI is InChI=1S/C5H13N.CH4O/c1-4-6(3)5-2;1-2/h4-5H2,1-3H3;2H,1H3. The molecule has 0 fully saturated rings. The highest BCUT2D eigenvalue weighted by Gasteiger charge is 1.81. The summed E-state index contributed by atoms with van der Waals surface area (Å²) in [5, 5.41) is 7.00. The van der Waals surface area contributed by atoms with Gasteiger partial charge >= 0.3 is 0 Å². The number of hydrogen-bond donors (Lipinski definition) is 1. The van der Waals surface area contributed by atoms with Gasteiger partial charge in [0.2, 0.25) is 0 Å². The quantitative estimate of drug-likeness (QED) is 0.574. The van der Waals surface area contributed by atoms with E-state index in [0.717, 1.165) is 20.2 Å². The predicted octanol–water partition coefficient (Wildman–Crippen LogP) is 0.567. The molecule has 0 atom stereocenters. The highest BCUT2D eigenvalue weighted by Crippen LogP contribution is 1.73. The van der Waals surface area contributed by atoms with Crippen molar-refractivity contribution in [2.75, 3.05) is 27.2 Å². The molecule has 2 heteroatoms. The van der Waals surface area contributed by atoms with Gasteiger partial charge < -0.3 is 10.0 Å². The van der Waals surface area contributed by atoms with Crippen molar-refractivity contribution in [3.05, 3.63) is 0 Å². The summed E-state index contributed by atoms with van der Waals surface area (Å²) in [4.78, 5) is 2.25. The van der Waals surface area contributed by atoms with Gasteiger partial charge in [0, 0.05) is 7.11 Å². The highest BCUT2D eigenvalue weighted by atomic mass is 16.2. The van der Waals surface area contributed by atoms with E-state index in [1.54, 1.807) is 0 Å². The second-order valence-electron chi connectivity index (χ2n) is 1.49. The smallest absolute Gasteiger partial charge is 0.0319 e. The van der Waals surface area contributed by atoms with E-state index in [1.165, 1.54) is 0 Å². The van der Waals surface area contributed by atoms with Gasteiger partial charge in [-0.05, 0) is 20.1 Å². The Morgan fingerprint density at radius 1 is 1.12 bits per heavy atom. The Bertz CT molecular complexity index is 27.7. The molecule has 0 saturated heterocycles. The average Bonchev–Trinajstić information content (AvgIpc) is 1.91. The summed E-state index contributed by atoms with van der Waals surface area (Å²) >= 11 is 0. The van der Waals surface area contributed by atoms with Crippen LogP contribution in [0.3, 0.4) is 0 Å². The van der Waals surface area contributed by atoms with E-state index >= 15 is 0 Å². The summed E-state index contributed by atoms with van der Waals surface area (Å²) in [5.74, 6) is 0. The summed E-state index contributed by atoms with van der Waals surface area (Å²) in [6.07, 6.45) is 0. The van der Waals surface area contributed by atoms with Crippen LogP contribution in [0.5, 0.6) is 0 Å². The average molecular weight is 119 g/mol. The van der Waals surface area contributed by atoms with Crippen molar-refractivity contribution >= 4 is 0 Å². The molecule has 8 heavy (non-hydrogen) atoms. The van der Waals surface area contributed by atoms with Crippen molar-refractivity contribution in [1.82, 2.24) is 4.90 Å². The third kappa shape index (κ3) is 9.33. The molecule has 0 aromatic carbocycles. The molecule has 0 rings (SSSR count). The second-order valence-corrected chi connectivity index (χ2v) is 1.49. The zero-order valence-electron chi connectivity index (χ0n) is 6.31. The number of aliphatic hydroxyl groups excluding tert-OH is 1. The maximum absolute atomic E-state index is 7.00. The Morgan fingerprint density at radius 3 is 1.38 bits per heavy atom. The van der Waals surface area contributed by atoms with Crippen LogP contribution in [0.1, 0.15) is 13.8 Å². The lowest BCUT2D eigenvalue weighted by molar-refractivity contribution is 0.373. The number of nitrogens with zero attached hydrogens (tertiary/aromatic N) is 1. The third-order valence-electron chi connectivity index (χ3n) is 1.08. The first-order valence-electron chi connectivity index (χ1n) is 2.94. The van der Waals surface area contributed by atoms with Crippen molar-refractivity contribution in [2.24, 2.45) is 0 Å². The van der Waals surface area contributed by atoms with Gasteiger partial charge in [-0.25, -0.2) is 0 Å². The van der Waals surface area contributed by atoms with Crippen molar-refractivity contribution in [3.8, 4) is 0 Å². The monoisotopic (exact) mass is 119 g/mol. The Balaban J connectivity index is 0. The van der Waals surface area contributed by atoms with Crippen molar-refractivity contribution in [2.45, 2.75) is 13.8 Å². The van der Waals surface area contributed by atoms with Crippen molar-refractivity contribution in [1.29, 1.82) is 0 Å². The first-order chi connectivity index (χ1) is 3.81. The molecule has 0 aliphatic rings. The molecular formula is C6H17NO. The third-order valence-corrected chi connectivity index (χ3v) is 1.08. The van der Waals surface area contributed by atoms with Gasteiger partial charge in [0.1, 0.15) is 0 Å². The lowest BCUT2D eigenvalue weighted by Gasteiger charge is -2.07. The molecule has 0 amide bonds. The van der Waals surface area contributed by atoms with E-state index < -0.39 is 0 Å². The number of rotatable bonds is 2. The summed E-state index contributed by atoms with van der Waals surface area (Å²) < 4.78 is 0. The van der Waals surface area contributed by atoms with Gasteiger partial charge in [-0.1, -0.05) is 13.8 Å². The summed E-state index contributed by atoms with van der Waals surface area (Å²) in [7, 11) is 3.11. The fourth-order valence-electron chi connectivity index (χ4n) is 0.224. The molecule has 0 unspecified atom stereocenters. The Labute approximate surface area is 52.1 Å². The zero-order chi connectivity index (χ0) is 6.99. The van der Waals surface area contributed by atoms with Gasteiger partial charge in [0.25, 0.3) is 0 Å². The van der Waals surface area contributed by atoms with E-state index in [2.05, 4.69) is 25.8 Å². The minimum Gasteiger partial charge on any atom is -0.400 e. The first kappa shape index (κ1) is 10.8. The Hall–Kier alpha value is -0.0800. The van der Waals surface area contributed by atoms with Crippen LogP contribution in [0.25, 0.3) is 0 Å². The Morgan fingerprint density at radius 2 is 1.38 bits per heavy atom. The lowest BCUT2D eigenvalue weighted by atomic mass is 10.6. The minimum absolute atomic E-state index is 1.00.